The number of amides is 2. The molecule has 0 bridgehead atoms. The third kappa shape index (κ3) is 5.98. The molecule has 0 aliphatic carbocycles. The van der Waals surface area contributed by atoms with Crippen LogP contribution in [-0.2, 0) is 20.8 Å². The van der Waals surface area contributed by atoms with Gasteiger partial charge < -0.3 is 26.6 Å². The molecule has 1 rings (SSSR count). The van der Waals surface area contributed by atoms with Crippen molar-refractivity contribution in [2.24, 2.45) is 5.73 Å². The number of nitrogens with one attached hydrogen (secondary N) is 2. The average Bonchev–Trinajstić information content (AvgIpc) is 2.52. The number of carbonyl (C=O) groups excluding carboxylic acids is 2. The van der Waals surface area contributed by atoms with Crippen molar-refractivity contribution in [3.63, 3.8) is 0 Å². The number of rotatable bonds is 8. The molecule has 0 heterocycles. The monoisotopic (exact) mass is 337 g/mol. The topological polar surface area (TPSA) is 142 Å². The number of carbonyl (C=O) groups is 3. The molecule has 132 valence electrons. The van der Waals surface area contributed by atoms with Crippen LogP contribution in [0.15, 0.2) is 30.3 Å². The predicted molar refractivity (Wildman–Crippen MR) is 87.0 cm³/mol. The van der Waals surface area contributed by atoms with E-state index in [4.69, 9.17) is 10.8 Å². The van der Waals surface area contributed by atoms with Crippen molar-refractivity contribution in [3.8, 4) is 0 Å². The fraction of sp³-hybridized carbons (Fsp3) is 0.438. The molecule has 0 radical (unpaired) electrons. The zero-order valence-corrected chi connectivity index (χ0v) is 13.6. The summed E-state index contributed by atoms with van der Waals surface area (Å²) in [5.41, 5.74) is 6.69. The Bertz CT molecular complexity index is 576. The lowest BCUT2D eigenvalue weighted by molar-refractivity contribution is -0.142. The van der Waals surface area contributed by atoms with E-state index >= 15 is 0 Å². The Labute approximate surface area is 140 Å². The first-order chi connectivity index (χ1) is 11.2. The molecule has 4 atom stereocenters. The van der Waals surface area contributed by atoms with Gasteiger partial charge in [-0.25, -0.2) is 0 Å². The van der Waals surface area contributed by atoms with Crippen molar-refractivity contribution in [1.29, 1.82) is 0 Å². The summed E-state index contributed by atoms with van der Waals surface area (Å²) in [7, 11) is 0. The van der Waals surface area contributed by atoms with E-state index in [2.05, 4.69) is 10.6 Å². The van der Waals surface area contributed by atoms with Crippen molar-refractivity contribution < 1.29 is 24.6 Å². The third-order valence-electron chi connectivity index (χ3n) is 3.43. The van der Waals surface area contributed by atoms with Gasteiger partial charge in [0.25, 0.3) is 0 Å². The number of carboxylic acid groups (broad SMARTS) is 1. The highest BCUT2D eigenvalue weighted by atomic mass is 16.4. The van der Waals surface area contributed by atoms with E-state index in [1.54, 1.807) is 0 Å². The first kappa shape index (κ1) is 19.6. The number of aliphatic carboxylic acids is 1. The van der Waals surface area contributed by atoms with Crippen LogP contribution in [-0.4, -0.2) is 52.2 Å². The van der Waals surface area contributed by atoms with Crippen molar-refractivity contribution in [2.75, 3.05) is 0 Å². The lowest BCUT2D eigenvalue weighted by Crippen LogP contribution is -2.58. The summed E-state index contributed by atoms with van der Waals surface area (Å²) in [4.78, 5) is 34.9. The molecular formula is C16H23N3O5. The molecule has 0 aliphatic rings. The zero-order valence-electron chi connectivity index (χ0n) is 13.6. The van der Waals surface area contributed by atoms with Gasteiger partial charge in [0.05, 0.1) is 12.1 Å². The number of carboxylic acids is 1. The van der Waals surface area contributed by atoms with Gasteiger partial charge in [0.15, 0.2) is 0 Å². The van der Waals surface area contributed by atoms with Gasteiger partial charge in [-0.15, -0.1) is 0 Å². The van der Waals surface area contributed by atoms with Gasteiger partial charge >= 0.3 is 5.97 Å². The molecule has 1 aromatic rings. The Balaban J connectivity index is 2.68. The van der Waals surface area contributed by atoms with Gasteiger partial charge in [-0.3, -0.25) is 14.4 Å². The van der Waals surface area contributed by atoms with Crippen molar-refractivity contribution in [3.05, 3.63) is 35.9 Å². The third-order valence-corrected chi connectivity index (χ3v) is 3.43. The second kappa shape index (κ2) is 8.99. The molecule has 8 heteroatoms. The molecule has 0 aromatic heterocycles. The fourth-order valence-corrected chi connectivity index (χ4v) is 1.99. The molecule has 0 aliphatic heterocycles. The van der Waals surface area contributed by atoms with Gasteiger partial charge in [0.1, 0.15) is 12.1 Å². The smallest absolute Gasteiger partial charge is 0.325 e. The maximum Gasteiger partial charge on any atom is 0.325 e. The summed E-state index contributed by atoms with van der Waals surface area (Å²) < 4.78 is 0. The van der Waals surface area contributed by atoms with Gasteiger partial charge in [0.2, 0.25) is 11.8 Å². The van der Waals surface area contributed by atoms with Gasteiger partial charge in [-0.05, 0) is 25.8 Å². The van der Waals surface area contributed by atoms with Crippen LogP contribution in [0.25, 0.3) is 0 Å². The molecule has 1 aromatic carbocycles. The summed E-state index contributed by atoms with van der Waals surface area (Å²) in [6.45, 7) is 2.60. The number of aliphatic hydroxyl groups excluding tert-OH is 1. The van der Waals surface area contributed by atoms with Crippen LogP contribution in [0.1, 0.15) is 19.4 Å². The molecule has 0 saturated carbocycles. The maximum atomic E-state index is 12.1. The normalized spacial score (nSPS) is 15.7. The van der Waals surface area contributed by atoms with E-state index < -0.39 is 42.0 Å². The summed E-state index contributed by atoms with van der Waals surface area (Å²) in [5.74, 6) is -2.62. The highest BCUT2D eigenvalue weighted by Crippen LogP contribution is 2.03. The predicted octanol–water partition coefficient (Wildman–Crippen LogP) is -0.989. The first-order valence-electron chi connectivity index (χ1n) is 7.53. The van der Waals surface area contributed by atoms with E-state index in [0.717, 1.165) is 5.56 Å². The highest BCUT2D eigenvalue weighted by molar-refractivity contribution is 5.92. The van der Waals surface area contributed by atoms with Crippen LogP contribution < -0.4 is 16.4 Å². The Kier molecular flexibility index (Phi) is 7.34. The Hall–Kier alpha value is -2.45. The second-order valence-electron chi connectivity index (χ2n) is 5.59. The number of nitrogens with two attached hydrogens (primary N) is 1. The van der Waals surface area contributed by atoms with E-state index in [1.807, 2.05) is 30.3 Å². The molecule has 0 unspecified atom stereocenters. The fourth-order valence-electron chi connectivity index (χ4n) is 1.99. The Morgan fingerprint density at radius 2 is 1.67 bits per heavy atom. The Morgan fingerprint density at radius 3 is 2.17 bits per heavy atom. The molecule has 0 fully saturated rings. The van der Waals surface area contributed by atoms with Gasteiger partial charge in [-0.2, -0.15) is 0 Å². The second-order valence-corrected chi connectivity index (χ2v) is 5.59. The van der Waals surface area contributed by atoms with Crippen molar-refractivity contribution in [1.82, 2.24) is 10.6 Å². The average molecular weight is 337 g/mol. The lowest BCUT2D eigenvalue weighted by Gasteiger charge is -2.23. The summed E-state index contributed by atoms with van der Waals surface area (Å²) >= 11 is 0. The number of aliphatic hydroxyl groups is 1. The van der Waals surface area contributed by atoms with Crippen molar-refractivity contribution >= 4 is 17.8 Å². The highest BCUT2D eigenvalue weighted by Gasteiger charge is 2.29. The minimum atomic E-state index is -1.29. The molecule has 8 nitrogen and oxygen atoms in total. The van der Waals surface area contributed by atoms with Crippen LogP contribution in [0.4, 0.5) is 0 Å². The molecule has 0 saturated heterocycles. The van der Waals surface area contributed by atoms with Crippen LogP contribution in [0, 0.1) is 0 Å². The SMILES string of the molecule is C[C@H](NC(=O)[C@@H](NC(=O)[C@@H](N)Cc1ccccc1)[C@@H](C)O)C(=O)O. The van der Waals surface area contributed by atoms with Crippen LogP contribution in [0.2, 0.25) is 0 Å². The van der Waals surface area contributed by atoms with E-state index in [-0.39, 0.29) is 6.42 Å². The van der Waals surface area contributed by atoms with Crippen LogP contribution in [0.5, 0.6) is 0 Å². The molecule has 24 heavy (non-hydrogen) atoms. The van der Waals surface area contributed by atoms with Gasteiger partial charge in [-0.1, -0.05) is 30.3 Å². The summed E-state index contributed by atoms with van der Waals surface area (Å²) in [5, 5.41) is 23.1. The minimum absolute atomic E-state index is 0.270. The molecular weight excluding hydrogens is 314 g/mol. The quantitative estimate of drug-likeness (QED) is 0.412. The number of hydrogen-bond acceptors (Lipinski definition) is 5. The van der Waals surface area contributed by atoms with E-state index in [0.29, 0.717) is 0 Å². The van der Waals surface area contributed by atoms with Crippen molar-refractivity contribution in [2.45, 2.75) is 44.5 Å². The molecule has 0 spiro atoms. The standard InChI is InChI=1S/C16H23N3O5/c1-9(16(23)24)18-15(22)13(10(2)20)19-14(21)12(17)8-11-6-4-3-5-7-11/h3-7,9-10,12-13,20H,8,17H2,1-2H3,(H,18,22)(H,19,21)(H,23,24)/t9-,10+,12-,13-/m0/s1. The summed E-state index contributed by atoms with van der Waals surface area (Å²) in [6.07, 6.45) is -0.939. The Morgan fingerprint density at radius 1 is 1.08 bits per heavy atom. The number of benzene rings is 1. The lowest BCUT2D eigenvalue weighted by atomic mass is 10.0. The maximum absolute atomic E-state index is 12.1. The van der Waals surface area contributed by atoms with Gasteiger partial charge in [0, 0.05) is 0 Å². The van der Waals surface area contributed by atoms with E-state index in [9.17, 15) is 19.5 Å². The number of hydrogen-bond donors (Lipinski definition) is 5. The molecule has 6 N–H and O–H groups in total. The van der Waals surface area contributed by atoms with Crippen LogP contribution in [0.3, 0.4) is 0 Å². The zero-order chi connectivity index (χ0) is 18.3. The first-order valence-corrected chi connectivity index (χ1v) is 7.53. The molecule has 2 amide bonds. The summed E-state index contributed by atoms with van der Waals surface area (Å²) in [6, 6.07) is 5.78. The largest absolute Gasteiger partial charge is 0.480 e. The minimum Gasteiger partial charge on any atom is -0.480 e. The van der Waals surface area contributed by atoms with E-state index in [1.165, 1.54) is 13.8 Å². The van der Waals surface area contributed by atoms with Crippen LogP contribution >= 0.6 is 0 Å².